The van der Waals surface area contributed by atoms with Gasteiger partial charge in [-0.05, 0) is 32.4 Å². The van der Waals surface area contributed by atoms with Gasteiger partial charge in [-0.1, -0.05) is 23.3 Å². The highest BCUT2D eigenvalue weighted by Gasteiger charge is 2.32. The quantitative estimate of drug-likeness (QED) is 0.390. The zero-order valence-electron chi connectivity index (χ0n) is 12.5. The number of para-hydroxylation sites is 1. The van der Waals surface area contributed by atoms with Crippen molar-refractivity contribution < 1.29 is 19.4 Å². The molecule has 2 atom stereocenters. The van der Waals surface area contributed by atoms with E-state index in [0.717, 1.165) is 0 Å². The van der Waals surface area contributed by atoms with Crippen LogP contribution in [0.4, 0.5) is 0 Å². The first-order chi connectivity index (χ1) is 9.80. The summed E-state index contributed by atoms with van der Waals surface area (Å²) < 4.78 is 10.3. The first kappa shape index (κ1) is 16.8. The van der Waals surface area contributed by atoms with E-state index in [9.17, 15) is 9.90 Å². The maximum Gasteiger partial charge on any atom is 0.318 e. The summed E-state index contributed by atoms with van der Waals surface area (Å²) in [4.78, 5) is 14.7. The van der Waals surface area contributed by atoms with Gasteiger partial charge in [0, 0.05) is 10.5 Å². The van der Waals surface area contributed by atoms with Gasteiger partial charge in [-0.15, -0.1) is 0 Å². The highest BCUT2D eigenvalue weighted by Crippen LogP contribution is 2.29. The van der Waals surface area contributed by atoms with Gasteiger partial charge in [0.05, 0.1) is 7.11 Å². The second kappa shape index (κ2) is 6.97. The Balaban J connectivity index is 3.10. The zero-order chi connectivity index (χ0) is 16.0. The molecule has 1 aromatic rings. The lowest BCUT2D eigenvalue weighted by Gasteiger charge is -2.25. The Bertz CT molecular complexity index is 547. The van der Waals surface area contributed by atoms with Crippen molar-refractivity contribution in [3.8, 4) is 5.75 Å². The average molecular weight is 293 g/mol. The van der Waals surface area contributed by atoms with Crippen molar-refractivity contribution in [1.29, 1.82) is 0 Å². The predicted octanol–water partition coefficient (Wildman–Crippen LogP) is 2.75. The number of esters is 1. The summed E-state index contributed by atoms with van der Waals surface area (Å²) in [6.45, 7) is 5.06. The van der Waals surface area contributed by atoms with Gasteiger partial charge in [0.15, 0.2) is 6.04 Å². The van der Waals surface area contributed by atoms with Crippen LogP contribution in [0.15, 0.2) is 29.4 Å². The van der Waals surface area contributed by atoms with E-state index in [0.29, 0.717) is 11.3 Å². The maximum absolute atomic E-state index is 12.1. The molecule has 0 aliphatic carbocycles. The summed E-state index contributed by atoms with van der Waals surface area (Å²) in [6.07, 6.45) is -1.35. The molecule has 7 nitrogen and oxygen atoms in total. The topological polar surface area (TPSA) is 105 Å². The fourth-order valence-electron chi connectivity index (χ4n) is 1.74. The van der Waals surface area contributed by atoms with Crippen LogP contribution in [0.3, 0.4) is 0 Å². The van der Waals surface area contributed by atoms with Crippen molar-refractivity contribution in [2.24, 2.45) is 5.11 Å². The molecule has 0 spiro atoms. The van der Waals surface area contributed by atoms with E-state index in [1.165, 1.54) is 7.11 Å². The van der Waals surface area contributed by atoms with Crippen LogP contribution in [0.2, 0.25) is 0 Å². The van der Waals surface area contributed by atoms with E-state index < -0.39 is 23.7 Å². The van der Waals surface area contributed by atoms with Crippen LogP contribution >= 0.6 is 0 Å². The fraction of sp³-hybridized carbons (Fsp3) is 0.500. The summed E-state index contributed by atoms with van der Waals surface area (Å²) in [5.41, 5.74) is 8.22. The SMILES string of the molecule is COc1ccccc1C(O)C(N=[N+]=[N-])C(=O)OC(C)(C)C. The molecular formula is C14H19N3O4. The van der Waals surface area contributed by atoms with Gasteiger partial charge in [-0.25, -0.2) is 0 Å². The van der Waals surface area contributed by atoms with E-state index in [4.69, 9.17) is 15.0 Å². The third kappa shape index (κ3) is 4.66. The Hall–Kier alpha value is -2.24. The Morgan fingerprint density at radius 2 is 2.00 bits per heavy atom. The van der Waals surface area contributed by atoms with Crippen LogP contribution in [-0.2, 0) is 9.53 Å². The van der Waals surface area contributed by atoms with E-state index in [1.54, 1.807) is 45.0 Å². The minimum Gasteiger partial charge on any atom is -0.496 e. The number of ether oxygens (including phenoxy) is 2. The lowest BCUT2D eigenvalue weighted by atomic mass is 10.0. The highest BCUT2D eigenvalue weighted by atomic mass is 16.6. The lowest BCUT2D eigenvalue weighted by molar-refractivity contribution is -0.159. The van der Waals surface area contributed by atoms with Crippen molar-refractivity contribution in [2.75, 3.05) is 7.11 Å². The predicted molar refractivity (Wildman–Crippen MR) is 76.7 cm³/mol. The van der Waals surface area contributed by atoms with Crippen molar-refractivity contribution in [1.82, 2.24) is 0 Å². The molecule has 0 heterocycles. The number of hydrogen-bond acceptors (Lipinski definition) is 5. The maximum atomic E-state index is 12.1. The van der Waals surface area contributed by atoms with Crippen LogP contribution in [0, 0.1) is 0 Å². The number of hydrogen-bond donors (Lipinski definition) is 1. The van der Waals surface area contributed by atoms with E-state index in [-0.39, 0.29) is 0 Å². The molecule has 1 aromatic carbocycles. The standard InChI is InChI=1S/C14H19N3O4/c1-14(2,3)21-13(19)11(16-17-15)12(18)9-7-5-6-8-10(9)20-4/h5-8,11-12,18H,1-4H3. The minimum atomic E-state index is -1.38. The van der Waals surface area contributed by atoms with Crippen LogP contribution in [-0.4, -0.2) is 29.8 Å². The molecular weight excluding hydrogens is 274 g/mol. The van der Waals surface area contributed by atoms with Gasteiger partial charge in [0.25, 0.3) is 0 Å². The minimum absolute atomic E-state index is 0.350. The molecule has 0 radical (unpaired) electrons. The monoisotopic (exact) mass is 293 g/mol. The number of carbonyl (C=O) groups excluding carboxylic acids is 1. The molecule has 21 heavy (non-hydrogen) atoms. The number of azide groups is 1. The van der Waals surface area contributed by atoms with E-state index >= 15 is 0 Å². The third-order valence-electron chi connectivity index (χ3n) is 2.58. The summed E-state index contributed by atoms with van der Waals surface area (Å²) in [6, 6.07) is 5.26. The zero-order valence-corrected chi connectivity index (χ0v) is 12.5. The van der Waals surface area contributed by atoms with Crippen molar-refractivity contribution >= 4 is 5.97 Å². The highest BCUT2D eigenvalue weighted by molar-refractivity contribution is 5.77. The van der Waals surface area contributed by atoms with Gasteiger partial charge in [-0.3, -0.25) is 4.79 Å². The smallest absolute Gasteiger partial charge is 0.318 e. The lowest BCUT2D eigenvalue weighted by Crippen LogP contribution is -2.34. The van der Waals surface area contributed by atoms with Crippen LogP contribution in [0.1, 0.15) is 32.4 Å². The van der Waals surface area contributed by atoms with Gasteiger partial charge in [0.2, 0.25) is 0 Å². The Morgan fingerprint density at radius 1 is 1.38 bits per heavy atom. The van der Waals surface area contributed by atoms with Crippen molar-refractivity contribution in [3.63, 3.8) is 0 Å². The number of benzene rings is 1. The molecule has 2 unspecified atom stereocenters. The molecule has 0 aliphatic heterocycles. The molecule has 0 aliphatic rings. The van der Waals surface area contributed by atoms with Crippen molar-refractivity contribution in [2.45, 2.75) is 38.5 Å². The van der Waals surface area contributed by atoms with Crippen LogP contribution < -0.4 is 4.74 Å². The second-order valence-electron chi connectivity index (χ2n) is 5.37. The van der Waals surface area contributed by atoms with Gasteiger partial charge < -0.3 is 14.6 Å². The third-order valence-corrected chi connectivity index (χ3v) is 2.58. The Kier molecular flexibility index (Phi) is 5.58. The number of aliphatic hydroxyl groups excluding tert-OH is 1. The first-order valence-electron chi connectivity index (χ1n) is 6.38. The van der Waals surface area contributed by atoms with Crippen LogP contribution in [0.5, 0.6) is 5.75 Å². The molecule has 1 rings (SSSR count). The number of methoxy groups -OCH3 is 1. The summed E-state index contributed by atoms with van der Waals surface area (Å²) >= 11 is 0. The number of aliphatic hydroxyl groups is 1. The molecule has 0 saturated carbocycles. The molecule has 0 fully saturated rings. The molecule has 0 aromatic heterocycles. The number of rotatable bonds is 5. The molecule has 0 amide bonds. The Labute approximate surface area is 123 Å². The summed E-state index contributed by atoms with van der Waals surface area (Å²) in [5, 5.41) is 13.7. The molecule has 7 heteroatoms. The fourth-order valence-corrected chi connectivity index (χ4v) is 1.74. The summed E-state index contributed by atoms with van der Waals surface area (Å²) in [5.74, 6) is -0.398. The van der Waals surface area contributed by atoms with E-state index in [1.807, 2.05) is 0 Å². The van der Waals surface area contributed by atoms with Gasteiger partial charge in [-0.2, -0.15) is 0 Å². The molecule has 114 valence electrons. The Morgan fingerprint density at radius 3 is 2.52 bits per heavy atom. The number of carbonyl (C=O) groups is 1. The van der Waals surface area contributed by atoms with E-state index in [2.05, 4.69) is 10.0 Å². The molecule has 0 saturated heterocycles. The van der Waals surface area contributed by atoms with Crippen LogP contribution in [0.25, 0.3) is 10.4 Å². The van der Waals surface area contributed by atoms with Gasteiger partial charge in [0.1, 0.15) is 17.5 Å². The second-order valence-corrected chi connectivity index (χ2v) is 5.37. The van der Waals surface area contributed by atoms with Crippen molar-refractivity contribution in [3.05, 3.63) is 40.3 Å². The molecule has 1 N–H and O–H groups in total. The average Bonchev–Trinajstić information content (AvgIpc) is 2.42. The largest absolute Gasteiger partial charge is 0.496 e. The number of nitrogens with zero attached hydrogens (tertiary/aromatic N) is 3. The normalized spacial score (nSPS) is 13.8. The summed E-state index contributed by atoms with van der Waals surface area (Å²) in [7, 11) is 1.45. The molecule has 0 bridgehead atoms. The first-order valence-corrected chi connectivity index (χ1v) is 6.38. The van der Waals surface area contributed by atoms with Gasteiger partial charge >= 0.3 is 5.97 Å².